The highest BCUT2D eigenvalue weighted by molar-refractivity contribution is 6.06. The number of piperidine rings is 1. The van der Waals surface area contributed by atoms with Crippen LogP contribution in [-0.4, -0.2) is 60.5 Å². The summed E-state index contributed by atoms with van der Waals surface area (Å²) < 4.78 is 5.18. The van der Waals surface area contributed by atoms with Gasteiger partial charge in [-0.05, 0) is 76.0 Å². The number of carbonyl (C=O) groups excluding carboxylic acids is 3. The first-order valence-electron chi connectivity index (χ1n) is 13.7. The summed E-state index contributed by atoms with van der Waals surface area (Å²) in [6, 6.07) is 5.87. The van der Waals surface area contributed by atoms with E-state index in [4.69, 9.17) is 4.74 Å². The van der Waals surface area contributed by atoms with Crippen molar-refractivity contribution in [3.05, 3.63) is 29.3 Å². The normalized spacial score (nSPS) is 28.2. The van der Waals surface area contributed by atoms with Gasteiger partial charge in [-0.25, -0.2) is 0 Å². The number of fused-ring (bicyclic) bond motifs is 1. The molecule has 1 unspecified atom stereocenters. The van der Waals surface area contributed by atoms with Gasteiger partial charge in [-0.3, -0.25) is 19.7 Å². The van der Waals surface area contributed by atoms with Crippen molar-refractivity contribution in [3.63, 3.8) is 0 Å². The standard InChI is InChI=1S/C28H40N4O4/c1-36-17-3-16-29-20-11-14-28(15-12-20,13-10-19-6-7-19)31-23-5-2-4-21-22(23)18-32(27(21)35)24-8-9-25(33)30-26(24)34/h2,4-5,19-20,24,29,31H,3,6-18H2,1H3,(H,30,33,34). The zero-order valence-corrected chi connectivity index (χ0v) is 21.4. The molecule has 1 saturated heterocycles. The van der Waals surface area contributed by atoms with E-state index in [9.17, 15) is 14.4 Å². The van der Waals surface area contributed by atoms with E-state index in [1.54, 1.807) is 12.0 Å². The van der Waals surface area contributed by atoms with Crippen LogP contribution in [0.1, 0.15) is 86.6 Å². The van der Waals surface area contributed by atoms with Crippen LogP contribution in [0.3, 0.4) is 0 Å². The molecule has 2 aliphatic heterocycles. The number of nitrogens with one attached hydrogen (secondary N) is 3. The topological polar surface area (TPSA) is 99.8 Å². The van der Waals surface area contributed by atoms with Gasteiger partial charge in [0, 0.05) is 55.1 Å². The fourth-order valence-corrected chi connectivity index (χ4v) is 6.21. The van der Waals surface area contributed by atoms with Crippen LogP contribution in [0.5, 0.6) is 0 Å². The summed E-state index contributed by atoms with van der Waals surface area (Å²) in [6.07, 6.45) is 11.3. The van der Waals surface area contributed by atoms with Gasteiger partial charge in [0.2, 0.25) is 11.8 Å². The Morgan fingerprint density at radius 1 is 1.11 bits per heavy atom. The van der Waals surface area contributed by atoms with Gasteiger partial charge in [0.25, 0.3) is 5.91 Å². The van der Waals surface area contributed by atoms with Crippen LogP contribution >= 0.6 is 0 Å². The van der Waals surface area contributed by atoms with E-state index in [-0.39, 0.29) is 29.7 Å². The highest BCUT2D eigenvalue weighted by atomic mass is 16.5. The van der Waals surface area contributed by atoms with Crippen molar-refractivity contribution in [2.45, 2.75) is 94.8 Å². The number of carbonyl (C=O) groups is 3. The quantitative estimate of drug-likeness (QED) is 0.321. The number of methoxy groups -OCH3 is 1. The third kappa shape index (κ3) is 5.59. The summed E-state index contributed by atoms with van der Waals surface area (Å²) in [4.78, 5) is 39.0. The van der Waals surface area contributed by atoms with E-state index >= 15 is 0 Å². The lowest BCUT2D eigenvalue weighted by atomic mass is 9.75. The fourth-order valence-electron chi connectivity index (χ4n) is 6.21. The van der Waals surface area contributed by atoms with Gasteiger partial charge < -0.3 is 20.3 Å². The highest BCUT2D eigenvalue weighted by Gasteiger charge is 2.42. The van der Waals surface area contributed by atoms with Gasteiger partial charge in [0.15, 0.2) is 0 Å². The Hall–Kier alpha value is -2.45. The first kappa shape index (κ1) is 25.2. The SMILES string of the molecule is COCCCNC1CCC(CCC2CC2)(Nc2cccc3c2CN(C2CCC(=O)NC2=O)C3=O)CC1. The number of anilines is 1. The molecule has 3 N–H and O–H groups in total. The molecular weight excluding hydrogens is 456 g/mol. The molecule has 3 fully saturated rings. The zero-order chi connectivity index (χ0) is 25.1. The average molecular weight is 497 g/mol. The summed E-state index contributed by atoms with van der Waals surface area (Å²) in [6.45, 7) is 2.19. The number of rotatable bonds is 11. The number of amides is 3. The second-order valence-corrected chi connectivity index (χ2v) is 11.2. The summed E-state index contributed by atoms with van der Waals surface area (Å²) in [5.74, 6) is 0.141. The van der Waals surface area contributed by atoms with Gasteiger partial charge in [0.1, 0.15) is 6.04 Å². The van der Waals surface area contributed by atoms with Crippen molar-refractivity contribution in [2.75, 3.05) is 25.6 Å². The molecule has 2 aliphatic carbocycles. The summed E-state index contributed by atoms with van der Waals surface area (Å²) >= 11 is 0. The Balaban J connectivity index is 1.29. The van der Waals surface area contributed by atoms with E-state index in [0.717, 1.165) is 68.8 Å². The molecule has 0 bridgehead atoms. The van der Waals surface area contributed by atoms with Crippen molar-refractivity contribution < 1.29 is 19.1 Å². The smallest absolute Gasteiger partial charge is 0.255 e. The minimum atomic E-state index is -0.584. The third-order valence-corrected chi connectivity index (χ3v) is 8.61. The second-order valence-electron chi connectivity index (χ2n) is 11.2. The molecule has 5 rings (SSSR count). The second kappa shape index (κ2) is 10.9. The lowest BCUT2D eigenvalue weighted by Gasteiger charge is -2.43. The van der Waals surface area contributed by atoms with E-state index in [1.807, 2.05) is 12.1 Å². The summed E-state index contributed by atoms with van der Waals surface area (Å²) in [5, 5.41) is 10.1. The molecule has 2 saturated carbocycles. The molecule has 0 radical (unpaired) electrons. The van der Waals surface area contributed by atoms with Crippen LogP contribution in [0.4, 0.5) is 5.69 Å². The third-order valence-electron chi connectivity index (χ3n) is 8.61. The average Bonchev–Trinajstić information content (AvgIpc) is 3.65. The van der Waals surface area contributed by atoms with Gasteiger partial charge in [-0.15, -0.1) is 0 Å². The van der Waals surface area contributed by atoms with Crippen molar-refractivity contribution in [3.8, 4) is 0 Å². The Kier molecular flexibility index (Phi) is 7.62. The molecule has 2 heterocycles. The lowest BCUT2D eigenvalue weighted by molar-refractivity contribution is -0.136. The lowest BCUT2D eigenvalue weighted by Crippen LogP contribution is -2.52. The molecule has 1 aromatic rings. The summed E-state index contributed by atoms with van der Waals surface area (Å²) in [7, 11) is 1.75. The molecule has 3 amide bonds. The maximum atomic E-state index is 13.3. The zero-order valence-electron chi connectivity index (χ0n) is 21.4. The van der Waals surface area contributed by atoms with Crippen molar-refractivity contribution in [1.29, 1.82) is 0 Å². The summed E-state index contributed by atoms with van der Waals surface area (Å²) in [5.41, 5.74) is 2.72. The van der Waals surface area contributed by atoms with Crippen LogP contribution in [0.2, 0.25) is 0 Å². The number of ether oxygens (including phenoxy) is 1. The molecule has 1 atom stereocenters. The molecular formula is C28H40N4O4. The molecule has 8 nitrogen and oxygen atoms in total. The van der Waals surface area contributed by atoms with E-state index < -0.39 is 6.04 Å². The first-order valence-corrected chi connectivity index (χ1v) is 13.7. The van der Waals surface area contributed by atoms with Crippen molar-refractivity contribution >= 4 is 23.4 Å². The molecule has 8 heteroatoms. The molecule has 0 aromatic heterocycles. The Labute approximate surface area is 213 Å². The number of nitrogens with zero attached hydrogens (tertiary/aromatic N) is 1. The van der Waals surface area contributed by atoms with Gasteiger partial charge in [-0.2, -0.15) is 0 Å². The van der Waals surface area contributed by atoms with Crippen LogP contribution in [0, 0.1) is 5.92 Å². The van der Waals surface area contributed by atoms with Crippen molar-refractivity contribution in [2.24, 2.45) is 5.92 Å². The largest absolute Gasteiger partial charge is 0.385 e. The number of hydrogen-bond acceptors (Lipinski definition) is 6. The molecule has 196 valence electrons. The van der Waals surface area contributed by atoms with Gasteiger partial charge in [-0.1, -0.05) is 18.9 Å². The number of benzene rings is 1. The number of hydrogen-bond donors (Lipinski definition) is 3. The fraction of sp³-hybridized carbons (Fsp3) is 0.679. The maximum Gasteiger partial charge on any atom is 0.255 e. The maximum absolute atomic E-state index is 13.3. The Morgan fingerprint density at radius 2 is 1.92 bits per heavy atom. The molecule has 1 aromatic carbocycles. The van der Waals surface area contributed by atoms with Gasteiger partial charge in [0.05, 0.1) is 0 Å². The Morgan fingerprint density at radius 3 is 2.64 bits per heavy atom. The van der Waals surface area contributed by atoms with E-state index in [0.29, 0.717) is 24.6 Å². The van der Waals surface area contributed by atoms with Crippen LogP contribution < -0.4 is 16.0 Å². The highest BCUT2D eigenvalue weighted by Crippen LogP contribution is 2.43. The van der Waals surface area contributed by atoms with E-state index in [1.165, 1.54) is 19.3 Å². The van der Waals surface area contributed by atoms with Crippen LogP contribution in [-0.2, 0) is 20.9 Å². The molecule has 36 heavy (non-hydrogen) atoms. The number of imide groups is 1. The van der Waals surface area contributed by atoms with Crippen LogP contribution in [0.15, 0.2) is 18.2 Å². The monoisotopic (exact) mass is 496 g/mol. The first-order chi connectivity index (χ1) is 17.5. The minimum Gasteiger partial charge on any atom is -0.385 e. The molecule has 4 aliphatic rings. The van der Waals surface area contributed by atoms with Crippen LogP contribution in [0.25, 0.3) is 0 Å². The molecule has 0 spiro atoms. The minimum absolute atomic E-state index is 0.0352. The van der Waals surface area contributed by atoms with E-state index in [2.05, 4.69) is 22.0 Å². The Bertz CT molecular complexity index is 984. The predicted molar refractivity (Wildman–Crippen MR) is 138 cm³/mol. The van der Waals surface area contributed by atoms with Crippen molar-refractivity contribution in [1.82, 2.24) is 15.5 Å². The van der Waals surface area contributed by atoms with Gasteiger partial charge >= 0.3 is 0 Å². The predicted octanol–water partition coefficient (Wildman–Crippen LogP) is 3.36.